The Bertz CT molecular complexity index is 321. The number of fused-ring (bicyclic) bond motifs is 2. The summed E-state index contributed by atoms with van der Waals surface area (Å²) in [5.41, 5.74) is 0.352. The normalized spacial score (nSPS) is 13.0. The van der Waals surface area contributed by atoms with Gasteiger partial charge < -0.3 is 10.2 Å². The molecule has 0 heterocycles. The molecular weight excluding hydrogens is 132 g/mol. The van der Waals surface area contributed by atoms with Gasteiger partial charge in [0, 0.05) is 0 Å². The lowest BCUT2D eigenvalue weighted by Gasteiger charge is -2.17. The van der Waals surface area contributed by atoms with E-state index in [1.54, 1.807) is 0 Å². The molecule has 2 N–H and O–H groups in total. The Morgan fingerprint density at radius 1 is 1.20 bits per heavy atom. The van der Waals surface area contributed by atoms with Gasteiger partial charge in [0.05, 0.1) is 5.56 Å². The molecular formula is C7H4O3. The largest absolute Gasteiger partial charge is 0.507 e. The minimum Gasteiger partial charge on any atom is -0.507 e. The van der Waals surface area contributed by atoms with E-state index in [-0.39, 0.29) is 22.8 Å². The molecule has 0 amide bonds. The average Bonchev–Trinajstić information content (AvgIpc) is 1.88. The van der Waals surface area contributed by atoms with E-state index < -0.39 is 0 Å². The van der Waals surface area contributed by atoms with Crippen LogP contribution in [0.15, 0.2) is 12.1 Å². The molecule has 2 aliphatic rings. The molecule has 0 atom stereocenters. The lowest BCUT2D eigenvalue weighted by Crippen LogP contribution is -2.13. The molecule has 0 spiro atoms. The second-order valence-corrected chi connectivity index (χ2v) is 2.18. The third-order valence-electron chi connectivity index (χ3n) is 1.63. The monoisotopic (exact) mass is 136 g/mol. The van der Waals surface area contributed by atoms with Crippen molar-refractivity contribution in [1.82, 2.24) is 0 Å². The number of rotatable bonds is 0. The van der Waals surface area contributed by atoms with Gasteiger partial charge in [-0.2, -0.15) is 0 Å². The van der Waals surface area contributed by atoms with Gasteiger partial charge in [0.15, 0.2) is 0 Å². The van der Waals surface area contributed by atoms with Gasteiger partial charge in [-0.25, -0.2) is 0 Å². The first-order chi connectivity index (χ1) is 4.72. The summed E-state index contributed by atoms with van der Waals surface area (Å²) in [6.45, 7) is 0. The number of phenolic OH excluding ortho intramolecular Hbond substituents is 2. The third-order valence-corrected chi connectivity index (χ3v) is 1.63. The zero-order valence-electron chi connectivity index (χ0n) is 4.96. The van der Waals surface area contributed by atoms with E-state index in [0.29, 0.717) is 5.56 Å². The van der Waals surface area contributed by atoms with E-state index in [1.807, 2.05) is 0 Å². The number of hydrogen-bond acceptors (Lipinski definition) is 3. The molecule has 3 rings (SSSR count). The average molecular weight is 136 g/mol. The maximum atomic E-state index is 10.8. The quantitative estimate of drug-likeness (QED) is 0.558. The van der Waals surface area contributed by atoms with Crippen LogP contribution in [0.1, 0.15) is 15.9 Å². The molecule has 1 aromatic carbocycles. The molecule has 1 aromatic rings. The fourth-order valence-electron chi connectivity index (χ4n) is 1.06. The summed E-state index contributed by atoms with van der Waals surface area (Å²) in [6.07, 6.45) is 0. The number of benzene rings is 1. The number of carbonyl (C=O) groups is 1. The van der Waals surface area contributed by atoms with Crippen molar-refractivity contribution in [2.45, 2.75) is 0 Å². The first kappa shape index (κ1) is 5.29. The second kappa shape index (κ2) is 1.31. The molecule has 0 fully saturated rings. The fraction of sp³-hybridized carbons (Fsp3) is 0. The Balaban J connectivity index is 2.81. The summed E-state index contributed by atoms with van der Waals surface area (Å²) in [5, 5.41) is 17.9. The summed E-state index contributed by atoms with van der Waals surface area (Å²) < 4.78 is 0. The van der Waals surface area contributed by atoms with Crippen LogP contribution in [-0.2, 0) is 0 Å². The Kier molecular flexibility index (Phi) is 0.695. The molecule has 50 valence electrons. The van der Waals surface area contributed by atoms with Crippen molar-refractivity contribution in [2.24, 2.45) is 0 Å². The SMILES string of the molecule is O=C1c2ccc(O)c1c2O. The van der Waals surface area contributed by atoms with Crippen LogP contribution < -0.4 is 0 Å². The number of hydrogen-bond donors (Lipinski definition) is 2. The highest BCUT2D eigenvalue weighted by Gasteiger charge is 2.32. The molecule has 0 saturated carbocycles. The smallest absolute Gasteiger partial charge is 0.204 e. The van der Waals surface area contributed by atoms with Crippen LogP contribution in [0.2, 0.25) is 0 Å². The van der Waals surface area contributed by atoms with Gasteiger partial charge in [0.1, 0.15) is 17.1 Å². The van der Waals surface area contributed by atoms with Gasteiger partial charge in [0.2, 0.25) is 5.78 Å². The van der Waals surface area contributed by atoms with Crippen molar-refractivity contribution < 1.29 is 15.0 Å². The van der Waals surface area contributed by atoms with Gasteiger partial charge in [-0.05, 0) is 12.1 Å². The number of carbonyl (C=O) groups excluding carboxylic acids is 1. The highest BCUT2D eigenvalue weighted by atomic mass is 16.3. The van der Waals surface area contributed by atoms with E-state index in [0.717, 1.165) is 0 Å². The summed E-state index contributed by atoms with van der Waals surface area (Å²) in [5.74, 6) is -0.486. The van der Waals surface area contributed by atoms with E-state index in [9.17, 15) is 4.79 Å². The maximum absolute atomic E-state index is 10.8. The van der Waals surface area contributed by atoms with Crippen molar-refractivity contribution in [2.75, 3.05) is 0 Å². The highest BCUT2D eigenvalue weighted by molar-refractivity contribution is 6.22. The number of aromatic hydroxyl groups is 2. The highest BCUT2D eigenvalue weighted by Crippen LogP contribution is 2.41. The van der Waals surface area contributed by atoms with E-state index >= 15 is 0 Å². The third kappa shape index (κ3) is 0.355. The molecule has 2 aliphatic carbocycles. The molecule has 0 saturated heterocycles. The van der Waals surface area contributed by atoms with Crippen LogP contribution in [-0.4, -0.2) is 16.0 Å². The summed E-state index contributed by atoms with van der Waals surface area (Å²) in [7, 11) is 0. The first-order valence-corrected chi connectivity index (χ1v) is 2.81. The molecule has 0 aromatic heterocycles. The van der Waals surface area contributed by atoms with Crippen LogP contribution in [0.5, 0.6) is 11.5 Å². The molecule has 2 bridgehead atoms. The predicted molar refractivity (Wildman–Crippen MR) is 33.2 cm³/mol. The lowest BCUT2D eigenvalue weighted by molar-refractivity contribution is 0.101. The minimum atomic E-state index is -0.266. The van der Waals surface area contributed by atoms with E-state index in [4.69, 9.17) is 10.2 Å². The number of ketones is 1. The summed E-state index contributed by atoms with van der Waals surface area (Å²) in [4.78, 5) is 10.8. The molecule has 3 nitrogen and oxygen atoms in total. The Labute approximate surface area is 56.5 Å². The van der Waals surface area contributed by atoms with Gasteiger partial charge in [-0.3, -0.25) is 4.79 Å². The molecule has 0 unspecified atom stereocenters. The molecule has 3 heteroatoms. The maximum Gasteiger partial charge on any atom is 0.204 e. The topological polar surface area (TPSA) is 57.5 Å². The van der Waals surface area contributed by atoms with Crippen molar-refractivity contribution in [3.8, 4) is 11.5 Å². The lowest BCUT2D eigenvalue weighted by atomic mass is 9.88. The number of phenols is 2. The van der Waals surface area contributed by atoms with Crippen LogP contribution in [0, 0.1) is 0 Å². The Morgan fingerprint density at radius 3 is 2.20 bits per heavy atom. The molecule has 10 heavy (non-hydrogen) atoms. The van der Waals surface area contributed by atoms with Crippen molar-refractivity contribution in [3.05, 3.63) is 23.3 Å². The van der Waals surface area contributed by atoms with Crippen LogP contribution in [0.3, 0.4) is 0 Å². The fourth-order valence-corrected chi connectivity index (χ4v) is 1.06. The molecule has 0 aliphatic heterocycles. The van der Waals surface area contributed by atoms with Gasteiger partial charge >= 0.3 is 0 Å². The zero-order valence-corrected chi connectivity index (χ0v) is 4.96. The van der Waals surface area contributed by atoms with Gasteiger partial charge in [0.25, 0.3) is 0 Å². The van der Waals surface area contributed by atoms with Gasteiger partial charge in [-0.1, -0.05) is 0 Å². The second-order valence-electron chi connectivity index (χ2n) is 2.18. The van der Waals surface area contributed by atoms with Crippen molar-refractivity contribution >= 4 is 5.78 Å². The van der Waals surface area contributed by atoms with Crippen molar-refractivity contribution in [1.29, 1.82) is 0 Å². The van der Waals surface area contributed by atoms with Crippen molar-refractivity contribution in [3.63, 3.8) is 0 Å². The first-order valence-electron chi connectivity index (χ1n) is 2.81. The standard InChI is InChI=1S/C7H4O3/c8-4-2-1-3-6(9)5(4)7(3)10/h1-2,8-9H. The van der Waals surface area contributed by atoms with E-state index in [2.05, 4.69) is 0 Å². The van der Waals surface area contributed by atoms with Gasteiger partial charge in [-0.15, -0.1) is 0 Å². The summed E-state index contributed by atoms with van der Waals surface area (Å²) in [6, 6.07) is 2.80. The predicted octanol–water partition coefficient (Wildman–Crippen LogP) is 0.642. The van der Waals surface area contributed by atoms with Crippen LogP contribution >= 0.6 is 0 Å². The Morgan fingerprint density at radius 2 is 1.90 bits per heavy atom. The Hall–Kier alpha value is -1.51. The minimum absolute atomic E-state index is 0.0532. The zero-order chi connectivity index (χ0) is 7.30. The van der Waals surface area contributed by atoms with Crippen LogP contribution in [0.25, 0.3) is 0 Å². The summed E-state index contributed by atoms with van der Waals surface area (Å²) >= 11 is 0. The van der Waals surface area contributed by atoms with E-state index in [1.165, 1.54) is 12.1 Å². The van der Waals surface area contributed by atoms with Crippen LogP contribution in [0.4, 0.5) is 0 Å². The molecule has 0 radical (unpaired) electrons.